The first-order valence-corrected chi connectivity index (χ1v) is 7.63. The van der Waals surface area contributed by atoms with Crippen LogP contribution in [0.5, 0.6) is 0 Å². The molecule has 1 saturated heterocycles. The van der Waals surface area contributed by atoms with Crippen molar-refractivity contribution in [2.75, 3.05) is 13.1 Å². The molecule has 0 aromatic heterocycles. The first-order valence-electron chi connectivity index (χ1n) is 7.63. The van der Waals surface area contributed by atoms with E-state index in [2.05, 4.69) is 73.5 Å². The Kier molecular flexibility index (Phi) is 3.77. The van der Waals surface area contributed by atoms with Crippen molar-refractivity contribution in [1.82, 2.24) is 10.2 Å². The van der Waals surface area contributed by atoms with Gasteiger partial charge in [0.15, 0.2) is 0 Å². The van der Waals surface area contributed by atoms with Crippen LogP contribution >= 0.6 is 0 Å². The van der Waals surface area contributed by atoms with Crippen LogP contribution in [0.1, 0.15) is 32.4 Å². The second-order valence-corrected chi connectivity index (χ2v) is 6.14. The lowest BCUT2D eigenvalue weighted by molar-refractivity contribution is 0.103. The first-order chi connectivity index (χ1) is 9.65. The van der Waals surface area contributed by atoms with Crippen molar-refractivity contribution >= 4 is 10.8 Å². The van der Waals surface area contributed by atoms with E-state index in [0.717, 1.165) is 13.1 Å². The fourth-order valence-electron chi connectivity index (χ4n) is 3.25. The van der Waals surface area contributed by atoms with Crippen LogP contribution in [0.3, 0.4) is 0 Å². The summed E-state index contributed by atoms with van der Waals surface area (Å²) in [6.07, 6.45) is 0. The van der Waals surface area contributed by atoms with Gasteiger partial charge in [-0.3, -0.25) is 4.90 Å². The Morgan fingerprint density at radius 1 is 1.10 bits per heavy atom. The lowest BCUT2D eigenvalue weighted by atomic mass is 9.99. The average Bonchev–Trinajstić information content (AvgIpc) is 2.48. The van der Waals surface area contributed by atoms with E-state index in [9.17, 15) is 0 Å². The standard InChI is InChI=1S/C18H24N2/c1-13-12-20(14(2)11-19-13)15(3)17-9-8-16-6-4-5-7-18(16)10-17/h4-10,13-15,19H,11-12H2,1-3H3. The molecule has 0 radical (unpaired) electrons. The predicted molar refractivity (Wildman–Crippen MR) is 86.0 cm³/mol. The minimum Gasteiger partial charge on any atom is -0.311 e. The summed E-state index contributed by atoms with van der Waals surface area (Å²) < 4.78 is 0. The lowest BCUT2D eigenvalue weighted by Crippen LogP contribution is -2.54. The maximum Gasteiger partial charge on any atom is 0.0324 e. The second kappa shape index (κ2) is 5.55. The van der Waals surface area contributed by atoms with Gasteiger partial charge in [0.05, 0.1) is 0 Å². The summed E-state index contributed by atoms with van der Waals surface area (Å²) in [4.78, 5) is 2.62. The number of nitrogens with one attached hydrogen (secondary N) is 1. The molecule has 3 unspecified atom stereocenters. The van der Waals surface area contributed by atoms with Crippen molar-refractivity contribution in [2.45, 2.75) is 38.9 Å². The van der Waals surface area contributed by atoms with Gasteiger partial charge in [-0.25, -0.2) is 0 Å². The summed E-state index contributed by atoms with van der Waals surface area (Å²) in [5, 5.41) is 6.22. The Hall–Kier alpha value is -1.38. The zero-order valence-corrected chi connectivity index (χ0v) is 12.6. The minimum atomic E-state index is 0.471. The summed E-state index contributed by atoms with van der Waals surface area (Å²) in [6.45, 7) is 9.12. The van der Waals surface area contributed by atoms with Gasteiger partial charge in [0, 0.05) is 31.2 Å². The molecule has 1 heterocycles. The smallest absolute Gasteiger partial charge is 0.0324 e. The predicted octanol–water partition coefficient (Wildman–Crippen LogP) is 3.58. The molecule has 1 aliphatic heterocycles. The molecule has 106 valence electrons. The van der Waals surface area contributed by atoms with Gasteiger partial charge in [0.1, 0.15) is 0 Å². The van der Waals surface area contributed by atoms with Gasteiger partial charge in [-0.15, -0.1) is 0 Å². The van der Waals surface area contributed by atoms with Crippen molar-refractivity contribution in [2.24, 2.45) is 0 Å². The van der Waals surface area contributed by atoms with Crippen LogP contribution in [0, 0.1) is 0 Å². The topological polar surface area (TPSA) is 15.3 Å². The quantitative estimate of drug-likeness (QED) is 0.895. The van der Waals surface area contributed by atoms with Gasteiger partial charge in [-0.1, -0.05) is 36.4 Å². The molecule has 20 heavy (non-hydrogen) atoms. The Morgan fingerprint density at radius 3 is 2.65 bits per heavy atom. The number of fused-ring (bicyclic) bond motifs is 1. The van der Waals surface area contributed by atoms with Crippen LogP contribution in [0.4, 0.5) is 0 Å². The SMILES string of the molecule is CC1CN(C(C)c2ccc3ccccc3c2)C(C)CN1. The van der Waals surface area contributed by atoms with Gasteiger partial charge >= 0.3 is 0 Å². The molecule has 2 aromatic carbocycles. The maximum absolute atomic E-state index is 3.56. The molecule has 0 bridgehead atoms. The molecule has 1 aliphatic rings. The normalized spacial score (nSPS) is 25.8. The molecule has 3 atom stereocenters. The van der Waals surface area contributed by atoms with E-state index in [0.29, 0.717) is 18.1 Å². The fourth-order valence-corrected chi connectivity index (χ4v) is 3.25. The van der Waals surface area contributed by atoms with Crippen LogP contribution in [0.2, 0.25) is 0 Å². The largest absolute Gasteiger partial charge is 0.311 e. The highest BCUT2D eigenvalue weighted by molar-refractivity contribution is 5.83. The summed E-state index contributed by atoms with van der Waals surface area (Å²) in [6, 6.07) is 17.1. The highest BCUT2D eigenvalue weighted by Gasteiger charge is 2.27. The van der Waals surface area contributed by atoms with Crippen LogP contribution < -0.4 is 5.32 Å². The Bertz CT molecular complexity index is 593. The minimum absolute atomic E-state index is 0.471. The van der Waals surface area contributed by atoms with Gasteiger partial charge in [0.25, 0.3) is 0 Å². The Balaban J connectivity index is 1.89. The van der Waals surface area contributed by atoms with E-state index in [1.165, 1.54) is 16.3 Å². The first kappa shape index (κ1) is 13.6. The third kappa shape index (κ3) is 2.58. The zero-order chi connectivity index (χ0) is 14.1. The molecule has 2 aromatic rings. The van der Waals surface area contributed by atoms with E-state index in [1.807, 2.05) is 0 Å². The van der Waals surface area contributed by atoms with Gasteiger partial charge < -0.3 is 5.32 Å². The van der Waals surface area contributed by atoms with E-state index >= 15 is 0 Å². The molecular formula is C18H24N2. The van der Waals surface area contributed by atoms with Gasteiger partial charge in [-0.2, -0.15) is 0 Å². The average molecular weight is 268 g/mol. The maximum atomic E-state index is 3.56. The summed E-state index contributed by atoms with van der Waals surface area (Å²) >= 11 is 0. The molecule has 3 rings (SSSR count). The monoisotopic (exact) mass is 268 g/mol. The van der Waals surface area contributed by atoms with E-state index < -0.39 is 0 Å². The second-order valence-electron chi connectivity index (χ2n) is 6.14. The number of benzene rings is 2. The molecule has 0 saturated carbocycles. The third-order valence-corrected chi connectivity index (χ3v) is 4.57. The Morgan fingerprint density at radius 2 is 1.85 bits per heavy atom. The van der Waals surface area contributed by atoms with Crippen molar-refractivity contribution in [3.05, 3.63) is 48.0 Å². The Labute approximate surface area is 121 Å². The molecule has 0 aliphatic carbocycles. The van der Waals surface area contributed by atoms with Gasteiger partial charge in [-0.05, 0) is 43.2 Å². The number of nitrogens with zero attached hydrogens (tertiary/aromatic N) is 1. The fraction of sp³-hybridized carbons (Fsp3) is 0.444. The number of hydrogen-bond acceptors (Lipinski definition) is 2. The molecule has 1 N–H and O–H groups in total. The zero-order valence-electron chi connectivity index (χ0n) is 12.6. The summed E-state index contributed by atoms with van der Waals surface area (Å²) in [5.74, 6) is 0. The van der Waals surface area contributed by atoms with E-state index in [4.69, 9.17) is 0 Å². The molecular weight excluding hydrogens is 244 g/mol. The van der Waals surface area contributed by atoms with Crippen molar-refractivity contribution < 1.29 is 0 Å². The number of rotatable bonds is 2. The van der Waals surface area contributed by atoms with Gasteiger partial charge in [0.2, 0.25) is 0 Å². The van der Waals surface area contributed by atoms with Crippen LogP contribution in [0.25, 0.3) is 10.8 Å². The van der Waals surface area contributed by atoms with Crippen LogP contribution in [-0.4, -0.2) is 30.1 Å². The molecule has 0 spiro atoms. The molecule has 2 heteroatoms. The van der Waals surface area contributed by atoms with Crippen molar-refractivity contribution in [1.29, 1.82) is 0 Å². The highest BCUT2D eigenvalue weighted by atomic mass is 15.2. The molecule has 0 amide bonds. The van der Waals surface area contributed by atoms with Crippen LogP contribution in [-0.2, 0) is 0 Å². The van der Waals surface area contributed by atoms with Crippen LogP contribution in [0.15, 0.2) is 42.5 Å². The van der Waals surface area contributed by atoms with E-state index in [1.54, 1.807) is 0 Å². The summed E-state index contributed by atoms with van der Waals surface area (Å²) in [7, 11) is 0. The number of hydrogen-bond donors (Lipinski definition) is 1. The molecule has 2 nitrogen and oxygen atoms in total. The highest BCUT2D eigenvalue weighted by Crippen LogP contribution is 2.27. The van der Waals surface area contributed by atoms with Crippen molar-refractivity contribution in [3.63, 3.8) is 0 Å². The van der Waals surface area contributed by atoms with Crippen molar-refractivity contribution in [3.8, 4) is 0 Å². The van der Waals surface area contributed by atoms with E-state index in [-0.39, 0.29) is 0 Å². The molecule has 1 fully saturated rings. The third-order valence-electron chi connectivity index (χ3n) is 4.57. The summed E-state index contributed by atoms with van der Waals surface area (Å²) in [5.41, 5.74) is 1.42. The number of piperazine rings is 1. The lowest BCUT2D eigenvalue weighted by Gasteiger charge is -2.41.